The van der Waals surface area contributed by atoms with Crippen molar-refractivity contribution in [3.63, 3.8) is 0 Å². The number of nitrogens with one attached hydrogen (secondary N) is 2. The van der Waals surface area contributed by atoms with E-state index in [1.54, 1.807) is 0 Å². The molecule has 2 saturated heterocycles. The zero-order chi connectivity index (χ0) is 32.3. The Labute approximate surface area is 272 Å². The quantitative estimate of drug-likeness (QED) is 0.211. The molecule has 0 aliphatic carbocycles. The van der Waals surface area contributed by atoms with Gasteiger partial charge in [0.25, 0.3) is 0 Å². The summed E-state index contributed by atoms with van der Waals surface area (Å²) in [5.74, 6) is 0.742. The largest absolute Gasteiger partial charge is 0.306 e. The lowest BCUT2D eigenvalue weighted by molar-refractivity contribution is 0.204. The fraction of sp³-hybridized carbons (Fsp3) is 0.400. The fourth-order valence-corrected chi connectivity index (χ4v) is 12.9. The van der Waals surface area contributed by atoms with Crippen LogP contribution in [-0.4, -0.2) is 35.5 Å². The number of benzene rings is 4. The van der Waals surface area contributed by atoms with E-state index in [0.29, 0.717) is 11.8 Å². The van der Waals surface area contributed by atoms with Gasteiger partial charge in [0.05, 0.1) is 12.1 Å². The molecule has 0 saturated carbocycles. The second-order valence-electron chi connectivity index (χ2n) is 14.3. The van der Waals surface area contributed by atoms with E-state index in [0.717, 1.165) is 0 Å². The molecular weight excluding hydrogens is 567 g/mol. The van der Waals surface area contributed by atoms with Crippen molar-refractivity contribution in [2.75, 3.05) is 14.1 Å². The summed E-state index contributed by atoms with van der Waals surface area (Å²) in [6, 6.07) is 37.5. The molecule has 0 aromatic heterocycles. The van der Waals surface area contributed by atoms with Crippen molar-refractivity contribution >= 4 is 7.87 Å². The van der Waals surface area contributed by atoms with E-state index in [2.05, 4.69) is 186 Å². The fourth-order valence-electron chi connectivity index (χ4n) is 8.31. The van der Waals surface area contributed by atoms with Crippen LogP contribution in [0, 0.1) is 39.5 Å². The van der Waals surface area contributed by atoms with Gasteiger partial charge in [-0.15, -0.1) is 19.5 Å². The molecule has 1 spiro atoms. The van der Waals surface area contributed by atoms with E-state index in [1.807, 2.05) is 0 Å². The summed E-state index contributed by atoms with van der Waals surface area (Å²) in [6.07, 6.45) is 0. The molecule has 2 heterocycles. The molecule has 2 aliphatic heterocycles. The Morgan fingerprint density at radius 2 is 0.689 bits per heavy atom. The molecule has 2 atom stereocenters. The zero-order valence-electron chi connectivity index (χ0n) is 28.9. The van der Waals surface area contributed by atoms with Crippen LogP contribution in [0.15, 0.2) is 97.1 Å². The molecule has 4 aromatic carbocycles. The van der Waals surface area contributed by atoms with Crippen LogP contribution in [0.2, 0.25) is 0 Å². The van der Waals surface area contributed by atoms with Crippen molar-refractivity contribution in [1.29, 1.82) is 0 Å². The zero-order valence-corrected chi connectivity index (χ0v) is 29.8. The van der Waals surface area contributed by atoms with Crippen LogP contribution in [0.25, 0.3) is 0 Å². The Kier molecular flexibility index (Phi) is 8.38. The highest BCUT2D eigenvalue weighted by molar-refractivity contribution is 7.68. The second-order valence-corrected chi connectivity index (χ2v) is 17.3. The predicted octanol–water partition coefficient (Wildman–Crippen LogP) is 8.90. The molecule has 236 valence electrons. The van der Waals surface area contributed by atoms with E-state index in [-0.39, 0.29) is 23.2 Å². The molecule has 2 N–H and O–H groups in total. The third-order valence-corrected chi connectivity index (χ3v) is 14.4. The summed E-state index contributed by atoms with van der Waals surface area (Å²) in [5, 5.41) is 8.87. The van der Waals surface area contributed by atoms with Crippen molar-refractivity contribution in [1.82, 2.24) is 19.5 Å². The average molecular weight is 620 g/mol. The van der Waals surface area contributed by atoms with Gasteiger partial charge < -0.3 is 0 Å². The lowest BCUT2D eigenvalue weighted by Gasteiger charge is -2.43. The van der Waals surface area contributed by atoms with Crippen LogP contribution in [0.3, 0.4) is 0 Å². The third-order valence-electron chi connectivity index (χ3n) is 10.7. The Morgan fingerprint density at radius 3 is 0.889 bits per heavy atom. The Hall–Kier alpha value is -2.85. The lowest BCUT2D eigenvalue weighted by Crippen LogP contribution is -2.51. The molecular formula is C40H52N4P+. The van der Waals surface area contributed by atoms with E-state index < -0.39 is 7.87 Å². The minimum Gasteiger partial charge on any atom is -0.140 e. The molecule has 4 nitrogen and oxygen atoms in total. The first-order chi connectivity index (χ1) is 21.4. The summed E-state index contributed by atoms with van der Waals surface area (Å²) in [7, 11) is 2.37. The average Bonchev–Trinajstić information content (AvgIpc) is 3.44. The van der Waals surface area contributed by atoms with Crippen molar-refractivity contribution < 1.29 is 0 Å². The highest BCUT2D eigenvalue weighted by atomic mass is 31.2. The maximum absolute atomic E-state index is 4.44. The maximum atomic E-state index is 4.44. The summed E-state index contributed by atoms with van der Waals surface area (Å²) in [4.78, 5) is 0. The molecule has 0 radical (unpaired) electrons. The normalized spacial score (nSPS) is 22.6. The molecule has 0 unspecified atom stereocenters. The number of hydrogen-bond acceptors (Lipinski definition) is 4. The minimum absolute atomic E-state index is 0.163. The van der Waals surface area contributed by atoms with Crippen LogP contribution in [0.1, 0.15) is 72.2 Å². The monoisotopic (exact) mass is 619 g/mol. The molecule has 0 amide bonds. The van der Waals surface area contributed by atoms with E-state index in [1.165, 1.54) is 44.5 Å². The van der Waals surface area contributed by atoms with Gasteiger partial charge in [0.1, 0.15) is 11.1 Å². The molecule has 0 bridgehead atoms. The van der Waals surface area contributed by atoms with Crippen LogP contribution in [-0.2, 0) is 11.1 Å². The summed E-state index contributed by atoms with van der Waals surface area (Å²) in [6.45, 7) is 18.3. The first-order valence-corrected chi connectivity index (χ1v) is 18.3. The predicted molar refractivity (Wildman–Crippen MR) is 192 cm³/mol. The number of hydrogen-bond donors (Lipinski definition) is 2. The highest BCUT2D eigenvalue weighted by Crippen LogP contribution is 2.76. The lowest BCUT2D eigenvalue weighted by atomic mass is 9.73. The van der Waals surface area contributed by atoms with Crippen LogP contribution in [0.5, 0.6) is 0 Å². The van der Waals surface area contributed by atoms with Crippen molar-refractivity contribution in [2.24, 2.45) is 11.8 Å². The number of aryl methyl sites for hydroxylation is 4. The maximum Gasteiger partial charge on any atom is 0.306 e. The first kappa shape index (κ1) is 32.1. The SMILES string of the molecule is Cc1ccc(C2(c3ccc(C)cc3)[C@H](C(C)C)N[P+]3(N[C@@H](C(C)C)C(c4ccc(C)cc4)(c4ccc(C)cc4)N3C)N2C)cc1. The van der Waals surface area contributed by atoms with E-state index in [9.17, 15) is 0 Å². The molecule has 4 aromatic rings. The molecule has 2 aliphatic rings. The summed E-state index contributed by atoms with van der Waals surface area (Å²) >= 11 is 0. The number of likely N-dealkylation sites (N-methyl/N-ethyl adjacent to an activating group) is 2. The molecule has 2 fully saturated rings. The van der Waals surface area contributed by atoms with Gasteiger partial charge in [0.2, 0.25) is 0 Å². The van der Waals surface area contributed by atoms with Gasteiger partial charge in [-0.1, -0.05) is 147 Å². The van der Waals surface area contributed by atoms with Gasteiger partial charge in [-0.2, -0.15) is 0 Å². The van der Waals surface area contributed by atoms with Crippen LogP contribution >= 0.6 is 7.87 Å². The van der Waals surface area contributed by atoms with Gasteiger partial charge in [0, 0.05) is 14.1 Å². The topological polar surface area (TPSA) is 30.5 Å². The summed E-state index contributed by atoms with van der Waals surface area (Å²) in [5.41, 5.74) is 9.70. The van der Waals surface area contributed by atoms with Gasteiger partial charge in [-0.3, -0.25) is 0 Å². The van der Waals surface area contributed by atoms with Crippen molar-refractivity contribution in [3.05, 3.63) is 142 Å². The van der Waals surface area contributed by atoms with Crippen molar-refractivity contribution in [2.45, 2.75) is 78.6 Å². The van der Waals surface area contributed by atoms with E-state index in [4.69, 9.17) is 0 Å². The first-order valence-electron chi connectivity index (χ1n) is 16.6. The van der Waals surface area contributed by atoms with Gasteiger partial charge >= 0.3 is 7.87 Å². The number of nitrogens with zero attached hydrogens (tertiary/aromatic N) is 2. The summed E-state index contributed by atoms with van der Waals surface area (Å²) < 4.78 is 5.47. The van der Waals surface area contributed by atoms with Crippen molar-refractivity contribution in [3.8, 4) is 0 Å². The Bertz CT molecular complexity index is 1410. The number of rotatable bonds is 6. The molecule has 45 heavy (non-hydrogen) atoms. The van der Waals surface area contributed by atoms with Crippen LogP contribution < -0.4 is 10.2 Å². The van der Waals surface area contributed by atoms with Gasteiger partial charge in [-0.05, 0) is 61.8 Å². The van der Waals surface area contributed by atoms with Crippen LogP contribution in [0.4, 0.5) is 0 Å². The standard InChI is InChI=1S/C40H52N4P/c1-27(2)37-39(33-19-11-29(5)12-20-33,34-21-13-30(6)14-22-34)43(9)45(41-37)42-38(28(3)4)40(44(45)10,35-23-15-31(7)16-24-35)36-25-17-32(8)18-26-36/h11-28,37-38,41-42H,1-10H3/q+1/t37-,38-,45?/m0/s1. The molecule has 6 rings (SSSR count). The smallest absolute Gasteiger partial charge is 0.140 e. The Balaban J connectivity index is 1.66. The highest BCUT2D eigenvalue weighted by Gasteiger charge is 2.78. The Morgan fingerprint density at radius 1 is 0.467 bits per heavy atom. The molecule has 5 heteroatoms. The third kappa shape index (κ3) is 4.76. The second kappa shape index (κ2) is 11.7. The van der Waals surface area contributed by atoms with Gasteiger partial charge in [0.15, 0.2) is 0 Å². The minimum atomic E-state index is -2.39. The van der Waals surface area contributed by atoms with Gasteiger partial charge in [-0.25, -0.2) is 0 Å². The van der Waals surface area contributed by atoms with E-state index >= 15 is 0 Å².